The summed E-state index contributed by atoms with van der Waals surface area (Å²) in [4.78, 5) is 24.8. The van der Waals surface area contributed by atoms with E-state index in [9.17, 15) is 9.90 Å². The first-order valence-corrected chi connectivity index (χ1v) is 10.9. The molecule has 8 heteroatoms. The summed E-state index contributed by atoms with van der Waals surface area (Å²) >= 11 is 2.86. The van der Waals surface area contributed by atoms with Crippen molar-refractivity contribution in [3.05, 3.63) is 52.0 Å². The highest BCUT2D eigenvalue weighted by molar-refractivity contribution is 7.17. The van der Waals surface area contributed by atoms with E-state index in [1.165, 1.54) is 28.2 Å². The van der Waals surface area contributed by atoms with Gasteiger partial charge in [-0.05, 0) is 25.5 Å². The number of aliphatic hydroxyl groups is 1. The molecule has 1 unspecified atom stereocenters. The lowest BCUT2D eigenvalue weighted by molar-refractivity contribution is -0.119. The van der Waals surface area contributed by atoms with Gasteiger partial charge in [-0.25, -0.2) is 9.97 Å². The van der Waals surface area contributed by atoms with Gasteiger partial charge in [0, 0.05) is 18.5 Å². The fraction of sp³-hybridized carbons (Fsp3) is 0.350. The number of hydrogen-bond donors (Lipinski definition) is 2. The van der Waals surface area contributed by atoms with Crippen LogP contribution in [0.3, 0.4) is 0 Å². The van der Waals surface area contributed by atoms with Gasteiger partial charge < -0.3 is 10.4 Å². The maximum atomic E-state index is 12.7. The summed E-state index contributed by atoms with van der Waals surface area (Å²) in [6.45, 7) is 4.42. The second kappa shape index (κ2) is 8.48. The molecule has 0 saturated carbocycles. The van der Waals surface area contributed by atoms with Gasteiger partial charge in [-0.1, -0.05) is 30.3 Å². The molecule has 1 saturated heterocycles. The van der Waals surface area contributed by atoms with E-state index in [2.05, 4.69) is 32.3 Å². The molecule has 146 valence electrons. The Bertz CT molecular complexity index is 954. The van der Waals surface area contributed by atoms with Crippen molar-refractivity contribution in [1.82, 2.24) is 14.9 Å². The second-order valence-electron chi connectivity index (χ2n) is 6.91. The molecule has 1 aliphatic rings. The van der Waals surface area contributed by atoms with E-state index in [4.69, 9.17) is 0 Å². The van der Waals surface area contributed by atoms with E-state index < -0.39 is 0 Å². The van der Waals surface area contributed by atoms with Crippen LogP contribution >= 0.6 is 22.7 Å². The van der Waals surface area contributed by atoms with Gasteiger partial charge in [0.15, 0.2) is 5.13 Å². The second-order valence-corrected chi connectivity index (χ2v) is 8.86. The predicted octanol–water partition coefficient (Wildman–Crippen LogP) is 3.53. The number of rotatable bonds is 6. The fourth-order valence-electron chi connectivity index (χ4n) is 3.43. The van der Waals surface area contributed by atoms with Crippen molar-refractivity contribution < 1.29 is 9.90 Å². The number of aromatic nitrogens is 2. The number of anilines is 1. The van der Waals surface area contributed by atoms with Crippen LogP contribution in [0.5, 0.6) is 0 Å². The summed E-state index contributed by atoms with van der Waals surface area (Å²) in [7, 11) is 0. The molecule has 1 aromatic carbocycles. The molecule has 0 spiro atoms. The number of hydrogen-bond acceptors (Lipinski definition) is 7. The molecule has 3 heterocycles. The Morgan fingerprint density at radius 3 is 2.89 bits per heavy atom. The maximum Gasteiger partial charge on any atom is 0.230 e. The van der Waals surface area contributed by atoms with E-state index in [1.807, 2.05) is 30.5 Å². The van der Waals surface area contributed by atoms with Gasteiger partial charge in [-0.3, -0.25) is 9.69 Å². The zero-order chi connectivity index (χ0) is 19.5. The molecule has 2 N–H and O–H groups in total. The van der Waals surface area contributed by atoms with Crippen LogP contribution in [0.15, 0.2) is 35.7 Å². The minimum atomic E-state index is -0.0690. The molecule has 1 atom stereocenters. The van der Waals surface area contributed by atoms with Gasteiger partial charge in [0.1, 0.15) is 5.01 Å². The Hall–Kier alpha value is -2.13. The molecule has 1 aliphatic heterocycles. The largest absolute Gasteiger partial charge is 0.389 e. The van der Waals surface area contributed by atoms with E-state index in [0.717, 1.165) is 42.3 Å². The van der Waals surface area contributed by atoms with Crippen molar-refractivity contribution in [3.63, 3.8) is 0 Å². The summed E-state index contributed by atoms with van der Waals surface area (Å²) < 4.78 is 0. The monoisotopic (exact) mass is 414 g/mol. The lowest BCUT2D eigenvalue weighted by atomic mass is 10.1. The predicted molar refractivity (Wildman–Crippen MR) is 112 cm³/mol. The molecule has 0 bridgehead atoms. The number of amides is 1. The average molecular weight is 415 g/mol. The van der Waals surface area contributed by atoms with Gasteiger partial charge in [-0.2, -0.15) is 0 Å². The Morgan fingerprint density at radius 1 is 1.32 bits per heavy atom. The average Bonchev–Trinajstić information content (AvgIpc) is 3.42. The highest BCUT2D eigenvalue weighted by Gasteiger charge is 2.28. The van der Waals surface area contributed by atoms with Gasteiger partial charge in [0.05, 0.1) is 28.8 Å². The van der Waals surface area contributed by atoms with Crippen LogP contribution in [-0.2, 0) is 17.9 Å². The summed E-state index contributed by atoms with van der Waals surface area (Å²) in [5, 5.41) is 15.4. The van der Waals surface area contributed by atoms with E-state index >= 15 is 0 Å². The highest BCUT2D eigenvalue weighted by atomic mass is 32.1. The topological polar surface area (TPSA) is 78.4 Å². The van der Waals surface area contributed by atoms with Crippen LogP contribution in [-0.4, -0.2) is 39.0 Å². The zero-order valence-corrected chi connectivity index (χ0v) is 17.2. The third-order valence-corrected chi connectivity index (χ3v) is 6.76. The van der Waals surface area contributed by atoms with Gasteiger partial charge >= 0.3 is 0 Å². The van der Waals surface area contributed by atoms with Crippen LogP contribution in [0.1, 0.15) is 22.7 Å². The summed E-state index contributed by atoms with van der Waals surface area (Å²) in [6, 6.07) is 10.3. The zero-order valence-electron chi connectivity index (χ0n) is 15.6. The Balaban J connectivity index is 1.35. The molecule has 6 nitrogen and oxygen atoms in total. The van der Waals surface area contributed by atoms with Crippen LogP contribution < -0.4 is 5.32 Å². The van der Waals surface area contributed by atoms with Crippen LogP contribution in [0.2, 0.25) is 0 Å². The number of carbonyl (C=O) groups is 1. The molecule has 4 rings (SSSR count). The first kappa shape index (κ1) is 19.2. The molecule has 3 aromatic rings. The van der Waals surface area contributed by atoms with E-state index in [1.54, 1.807) is 0 Å². The minimum absolute atomic E-state index is 0.0119. The molecule has 1 fully saturated rings. The van der Waals surface area contributed by atoms with Crippen molar-refractivity contribution in [2.75, 3.05) is 18.4 Å². The third kappa shape index (κ3) is 4.30. The molecular weight excluding hydrogens is 392 g/mol. The number of thiazole rings is 2. The Labute approximate surface area is 171 Å². The van der Waals surface area contributed by atoms with Crippen LogP contribution in [0, 0.1) is 12.8 Å². The van der Waals surface area contributed by atoms with Crippen LogP contribution in [0.4, 0.5) is 5.13 Å². The fourth-order valence-corrected chi connectivity index (χ4v) is 5.10. The number of aliphatic hydroxyl groups excluding tert-OH is 1. The van der Waals surface area contributed by atoms with Gasteiger partial charge in [0.2, 0.25) is 5.91 Å². The smallest absolute Gasteiger partial charge is 0.230 e. The maximum absolute atomic E-state index is 12.7. The van der Waals surface area contributed by atoms with Crippen molar-refractivity contribution in [1.29, 1.82) is 0 Å². The number of benzene rings is 1. The van der Waals surface area contributed by atoms with Crippen molar-refractivity contribution >= 4 is 33.7 Å². The lowest BCUT2D eigenvalue weighted by Gasteiger charge is -2.15. The molecule has 0 aliphatic carbocycles. The van der Waals surface area contributed by atoms with Crippen molar-refractivity contribution in [2.45, 2.75) is 26.5 Å². The molecular formula is C20H22N4O2S2. The quantitative estimate of drug-likeness (QED) is 0.645. The Morgan fingerprint density at radius 2 is 2.14 bits per heavy atom. The first-order valence-electron chi connectivity index (χ1n) is 9.22. The van der Waals surface area contributed by atoms with Crippen molar-refractivity contribution in [2.24, 2.45) is 5.92 Å². The third-order valence-electron chi connectivity index (χ3n) is 4.84. The number of nitrogens with zero attached hydrogens (tertiary/aromatic N) is 3. The molecule has 1 amide bonds. The SMILES string of the molecule is Cc1nc(CO)sc1-c1csc(NC(=O)C2CCN(Cc3ccccc3)C2)n1. The highest BCUT2D eigenvalue weighted by Crippen LogP contribution is 2.32. The lowest BCUT2D eigenvalue weighted by Crippen LogP contribution is -2.26. The standard InChI is InChI=1S/C20H22N4O2S2/c1-13-18(28-17(11-25)21-13)16-12-27-20(22-16)23-19(26)15-7-8-24(10-15)9-14-5-3-2-4-6-14/h2-6,12,15,25H,7-11H2,1H3,(H,22,23,26). The Kier molecular flexibility index (Phi) is 5.82. The number of aryl methyl sites for hydroxylation is 1. The molecule has 2 aromatic heterocycles. The normalized spacial score (nSPS) is 17.1. The van der Waals surface area contributed by atoms with Crippen molar-refractivity contribution in [3.8, 4) is 10.6 Å². The van der Waals surface area contributed by atoms with E-state index in [0.29, 0.717) is 10.1 Å². The number of carbonyl (C=O) groups excluding carboxylic acids is 1. The van der Waals surface area contributed by atoms with Gasteiger partial charge in [0.25, 0.3) is 0 Å². The number of nitrogens with one attached hydrogen (secondary N) is 1. The van der Waals surface area contributed by atoms with Gasteiger partial charge in [-0.15, -0.1) is 22.7 Å². The molecule has 0 radical (unpaired) electrons. The minimum Gasteiger partial charge on any atom is -0.389 e. The number of likely N-dealkylation sites (tertiary alicyclic amines) is 1. The first-order chi connectivity index (χ1) is 13.6. The van der Waals surface area contributed by atoms with E-state index in [-0.39, 0.29) is 18.4 Å². The van der Waals surface area contributed by atoms with Crippen LogP contribution in [0.25, 0.3) is 10.6 Å². The molecule has 28 heavy (non-hydrogen) atoms. The summed E-state index contributed by atoms with van der Waals surface area (Å²) in [5.41, 5.74) is 2.92. The summed E-state index contributed by atoms with van der Waals surface area (Å²) in [6.07, 6.45) is 0.866. The summed E-state index contributed by atoms with van der Waals surface area (Å²) in [5.74, 6) is 0.0238.